The topological polar surface area (TPSA) is 49.9 Å². The molecule has 2 rings (SSSR count). The molecular weight excluding hydrogens is 289 g/mol. The van der Waals surface area contributed by atoms with Crippen molar-refractivity contribution >= 4 is 11.8 Å². The summed E-state index contributed by atoms with van der Waals surface area (Å²) in [5, 5.41) is 0. The maximum atomic E-state index is 12.5. The fraction of sp³-hybridized carbons (Fsp3) is 0.692. The van der Waals surface area contributed by atoms with Crippen molar-refractivity contribution in [3.63, 3.8) is 0 Å². The highest BCUT2D eigenvalue weighted by Crippen LogP contribution is 2.30. The predicted octanol–water partition coefficient (Wildman–Crippen LogP) is 0.955. The Labute approximate surface area is 120 Å². The fourth-order valence-electron chi connectivity index (χ4n) is 2.52. The van der Waals surface area contributed by atoms with E-state index in [1.807, 2.05) is 0 Å². The molecule has 1 saturated heterocycles. The highest BCUT2D eigenvalue weighted by molar-refractivity contribution is 5.87. The molecule has 0 bridgehead atoms. The first-order chi connectivity index (χ1) is 9.80. The van der Waals surface area contributed by atoms with E-state index in [4.69, 9.17) is 4.74 Å². The molecule has 1 fully saturated rings. The van der Waals surface area contributed by atoms with Gasteiger partial charge in [0, 0.05) is 32.1 Å². The van der Waals surface area contributed by atoms with Gasteiger partial charge < -0.3 is 14.5 Å². The maximum Gasteiger partial charge on any atom is 0.412 e. The predicted molar refractivity (Wildman–Crippen MR) is 67.3 cm³/mol. The van der Waals surface area contributed by atoms with Crippen LogP contribution in [0.2, 0.25) is 0 Å². The summed E-state index contributed by atoms with van der Waals surface area (Å²) >= 11 is 0. The van der Waals surface area contributed by atoms with Gasteiger partial charge in [0.1, 0.15) is 6.04 Å². The number of rotatable bonds is 1. The number of amides is 2. The Balaban J connectivity index is 2.04. The van der Waals surface area contributed by atoms with Crippen LogP contribution in [-0.2, 0) is 14.3 Å². The van der Waals surface area contributed by atoms with Gasteiger partial charge in [0.2, 0.25) is 11.8 Å². The molecule has 0 radical (unpaired) electrons. The van der Waals surface area contributed by atoms with Gasteiger partial charge in [-0.05, 0) is 6.42 Å². The van der Waals surface area contributed by atoms with Gasteiger partial charge in [-0.15, -0.1) is 0 Å². The summed E-state index contributed by atoms with van der Waals surface area (Å²) in [4.78, 5) is 26.6. The van der Waals surface area contributed by atoms with Gasteiger partial charge in [0.15, 0.2) is 0 Å². The summed E-state index contributed by atoms with van der Waals surface area (Å²) in [6.45, 7) is 2.06. The Morgan fingerprint density at radius 1 is 1.33 bits per heavy atom. The van der Waals surface area contributed by atoms with Crippen LogP contribution in [0.25, 0.3) is 0 Å². The lowest BCUT2D eigenvalue weighted by Gasteiger charge is -2.38. The molecule has 21 heavy (non-hydrogen) atoms. The second-order valence-electron chi connectivity index (χ2n) is 5.06. The van der Waals surface area contributed by atoms with E-state index in [-0.39, 0.29) is 37.9 Å². The van der Waals surface area contributed by atoms with Gasteiger partial charge in [0.25, 0.3) is 0 Å². The van der Waals surface area contributed by atoms with Crippen molar-refractivity contribution in [2.75, 3.05) is 32.8 Å². The molecule has 0 spiro atoms. The number of morpholine rings is 1. The van der Waals surface area contributed by atoms with Crippen LogP contribution < -0.4 is 0 Å². The molecule has 2 aliphatic rings. The molecule has 0 aromatic rings. The molecule has 0 aliphatic carbocycles. The Bertz CT molecular complexity index is 462. The smallest absolute Gasteiger partial charge is 0.377 e. The van der Waals surface area contributed by atoms with Crippen LogP contribution in [0.5, 0.6) is 0 Å². The van der Waals surface area contributed by atoms with Gasteiger partial charge in [-0.3, -0.25) is 9.59 Å². The molecular formula is C13H17F3N2O3. The van der Waals surface area contributed by atoms with Gasteiger partial charge in [0.05, 0.1) is 13.2 Å². The van der Waals surface area contributed by atoms with Crippen molar-refractivity contribution in [2.24, 2.45) is 0 Å². The third-order valence-corrected chi connectivity index (χ3v) is 3.70. The fourth-order valence-corrected chi connectivity index (χ4v) is 2.52. The van der Waals surface area contributed by atoms with Gasteiger partial charge in [-0.25, -0.2) is 0 Å². The number of nitrogens with zero attached hydrogens (tertiary/aromatic N) is 2. The number of hydrogen-bond acceptors (Lipinski definition) is 3. The third kappa shape index (κ3) is 3.55. The van der Waals surface area contributed by atoms with E-state index in [0.29, 0.717) is 13.2 Å². The number of hydrogen-bond donors (Lipinski definition) is 0. The van der Waals surface area contributed by atoms with Crippen LogP contribution in [0.15, 0.2) is 11.6 Å². The maximum absolute atomic E-state index is 12.5. The van der Waals surface area contributed by atoms with Crippen molar-refractivity contribution in [1.29, 1.82) is 0 Å². The van der Waals surface area contributed by atoms with Crippen molar-refractivity contribution < 1.29 is 27.5 Å². The van der Waals surface area contributed by atoms with E-state index in [0.717, 1.165) is 6.08 Å². The second kappa shape index (κ2) is 6.05. The highest BCUT2D eigenvalue weighted by Gasteiger charge is 2.38. The van der Waals surface area contributed by atoms with Crippen molar-refractivity contribution in [1.82, 2.24) is 9.80 Å². The zero-order valence-corrected chi connectivity index (χ0v) is 11.7. The molecule has 2 amide bonds. The van der Waals surface area contributed by atoms with Crippen molar-refractivity contribution in [3.05, 3.63) is 11.6 Å². The largest absolute Gasteiger partial charge is 0.412 e. The number of alkyl halides is 3. The molecule has 8 heteroatoms. The first-order valence-electron chi connectivity index (χ1n) is 6.70. The standard InChI is InChI=1S/C13H17F3N2O3/c1-9(19)18-6-7-21-8-11(18)12(20)17-4-2-10(3-5-17)13(14,15)16/h2,11H,3-8H2,1H3. The van der Waals surface area contributed by atoms with Gasteiger partial charge in [-0.1, -0.05) is 6.08 Å². The van der Waals surface area contributed by atoms with E-state index in [2.05, 4.69) is 0 Å². The molecule has 1 unspecified atom stereocenters. The molecule has 0 aromatic heterocycles. The Morgan fingerprint density at radius 3 is 2.57 bits per heavy atom. The van der Waals surface area contributed by atoms with E-state index < -0.39 is 17.8 Å². The summed E-state index contributed by atoms with van der Waals surface area (Å²) in [6, 6.07) is -0.739. The SMILES string of the molecule is CC(=O)N1CCOCC1C(=O)N1CC=C(C(F)(F)F)CC1. The third-order valence-electron chi connectivity index (χ3n) is 3.70. The monoisotopic (exact) mass is 306 g/mol. The number of carbonyl (C=O) groups is 2. The van der Waals surface area contributed by atoms with E-state index in [9.17, 15) is 22.8 Å². The number of ether oxygens (including phenoxy) is 1. The van der Waals surface area contributed by atoms with Gasteiger partial charge in [-0.2, -0.15) is 13.2 Å². The minimum atomic E-state index is -4.34. The number of carbonyl (C=O) groups excluding carboxylic acids is 2. The summed E-state index contributed by atoms with van der Waals surface area (Å²) in [5.41, 5.74) is -0.602. The van der Waals surface area contributed by atoms with Crippen LogP contribution in [0, 0.1) is 0 Å². The van der Waals surface area contributed by atoms with Crippen LogP contribution in [-0.4, -0.2) is 66.7 Å². The lowest BCUT2D eigenvalue weighted by atomic mass is 10.1. The molecule has 0 N–H and O–H groups in total. The lowest BCUT2D eigenvalue weighted by molar-refractivity contribution is -0.153. The first-order valence-corrected chi connectivity index (χ1v) is 6.70. The zero-order valence-electron chi connectivity index (χ0n) is 11.7. The lowest BCUT2D eigenvalue weighted by Crippen LogP contribution is -2.56. The van der Waals surface area contributed by atoms with Gasteiger partial charge >= 0.3 is 6.18 Å². The molecule has 5 nitrogen and oxygen atoms in total. The van der Waals surface area contributed by atoms with E-state index in [1.165, 1.54) is 16.7 Å². The highest BCUT2D eigenvalue weighted by atomic mass is 19.4. The zero-order chi connectivity index (χ0) is 15.6. The Morgan fingerprint density at radius 2 is 2.05 bits per heavy atom. The summed E-state index contributed by atoms with van der Waals surface area (Å²) in [7, 11) is 0. The average molecular weight is 306 g/mol. The van der Waals surface area contributed by atoms with Crippen LogP contribution in [0.3, 0.4) is 0 Å². The van der Waals surface area contributed by atoms with Crippen LogP contribution >= 0.6 is 0 Å². The summed E-state index contributed by atoms with van der Waals surface area (Å²) in [5.74, 6) is -0.595. The van der Waals surface area contributed by atoms with Crippen molar-refractivity contribution in [2.45, 2.75) is 25.6 Å². The molecule has 118 valence electrons. The molecule has 2 aliphatic heterocycles. The molecule has 1 atom stereocenters. The van der Waals surface area contributed by atoms with Crippen LogP contribution in [0.4, 0.5) is 13.2 Å². The minimum Gasteiger partial charge on any atom is -0.377 e. The molecule has 0 aromatic carbocycles. The Hall–Kier alpha value is -1.57. The van der Waals surface area contributed by atoms with Crippen molar-refractivity contribution in [3.8, 4) is 0 Å². The van der Waals surface area contributed by atoms with E-state index >= 15 is 0 Å². The van der Waals surface area contributed by atoms with E-state index in [1.54, 1.807) is 0 Å². The minimum absolute atomic E-state index is 0.00637. The number of halogens is 3. The second-order valence-corrected chi connectivity index (χ2v) is 5.06. The summed E-state index contributed by atoms with van der Waals surface area (Å²) < 4.78 is 42.9. The molecule has 2 heterocycles. The molecule has 0 saturated carbocycles. The van der Waals surface area contributed by atoms with Crippen LogP contribution in [0.1, 0.15) is 13.3 Å². The quantitative estimate of drug-likeness (QED) is 0.678. The summed E-state index contributed by atoms with van der Waals surface area (Å²) in [6.07, 6.45) is -3.53. The normalized spacial score (nSPS) is 23.8. The average Bonchev–Trinajstić information content (AvgIpc) is 2.45. The Kier molecular flexibility index (Phi) is 4.55. The first kappa shape index (κ1) is 15.8.